The van der Waals surface area contributed by atoms with E-state index >= 15 is 0 Å². The first kappa shape index (κ1) is 13.1. The van der Waals surface area contributed by atoms with Crippen LogP contribution in [-0.4, -0.2) is 16.9 Å². The molecule has 0 fully saturated rings. The molecule has 2 heterocycles. The standard InChI is InChI=1S/C13H19N3OS/c1-9(11-5-6-18-8-11)14-7-12-10(2)15-16(3)13(12)17-4/h5-6,8-9,14H,7H2,1-4H3. The average molecular weight is 265 g/mol. The summed E-state index contributed by atoms with van der Waals surface area (Å²) in [5.74, 6) is 0.831. The summed E-state index contributed by atoms with van der Waals surface area (Å²) in [5.41, 5.74) is 3.46. The highest BCUT2D eigenvalue weighted by molar-refractivity contribution is 7.07. The first-order chi connectivity index (χ1) is 8.63. The Kier molecular flexibility index (Phi) is 4.04. The van der Waals surface area contributed by atoms with Crippen LogP contribution in [0.25, 0.3) is 0 Å². The summed E-state index contributed by atoms with van der Waals surface area (Å²) in [7, 11) is 3.58. The van der Waals surface area contributed by atoms with Crippen LogP contribution >= 0.6 is 11.3 Å². The van der Waals surface area contributed by atoms with Crippen LogP contribution in [0.4, 0.5) is 0 Å². The van der Waals surface area contributed by atoms with E-state index in [-0.39, 0.29) is 0 Å². The number of nitrogens with one attached hydrogen (secondary N) is 1. The molecule has 2 aromatic heterocycles. The number of aryl methyl sites for hydroxylation is 2. The summed E-state index contributed by atoms with van der Waals surface area (Å²) < 4.78 is 7.16. The predicted octanol–water partition coefficient (Wildman–Crippen LogP) is 2.65. The van der Waals surface area contributed by atoms with Gasteiger partial charge in [-0.15, -0.1) is 0 Å². The van der Waals surface area contributed by atoms with E-state index in [0.29, 0.717) is 6.04 Å². The molecule has 0 amide bonds. The van der Waals surface area contributed by atoms with Crippen LogP contribution in [0.15, 0.2) is 16.8 Å². The molecule has 0 aliphatic heterocycles. The van der Waals surface area contributed by atoms with Gasteiger partial charge in [0.1, 0.15) is 0 Å². The molecule has 0 saturated heterocycles. The number of hydrogen-bond donors (Lipinski definition) is 1. The van der Waals surface area contributed by atoms with Crippen LogP contribution < -0.4 is 10.1 Å². The molecule has 0 bridgehead atoms. The zero-order chi connectivity index (χ0) is 13.1. The lowest BCUT2D eigenvalue weighted by molar-refractivity contribution is 0.367. The van der Waals surface area contributed by atoms with Gasteiger partial charge in [0.15, 0.2) is 0 Å². The Bertz CT molecular complexity index is 505. The van der Waals surface area contributed by atoms with Crippen molar-refractivity contribution in [3.63, 3.8) is 0 Å². The molecule has 0 saturated carbocycles. The molecule has 1 atom stereocenters. The molecule has 2 aromatic rings. The lowest BCUT2D eigenvalue weighted by atomic mass is 10.1. The molecule has 18 heavy (non-hydrogen) atoms. The molecule has 0 radical (unpaired) electrons. The van der Waals surface area contributed by atoms with Gasteiger partial charge in [-0.3, -0.25) is 0 Å². The second-order valence-electron chi connectivity index (χ2n) is 4.36. The van der Waals surface area contributed by atoms with E-state index in [1.54, 1.807) is 23.1 Å². The Morgan fingerprint density at radius 2 is 2.33 bits per heavy atom. The number of methoxy groups -OCH3 is 1. The van der Waals surface area contributed by atoms with Gasteiger partial charge in [-0.25, -0.2) is 4.68 Å². The Balaban J connectivity index is 2.06. The van der Waals surface area contributed by atoms with Crippen LogP contribution in [-0.2, 0) is 13.6 Å². The molecule has 0 aromatic carbocycles. The maximum atomic E-state index is 5.38. The minimum absolute atomic E-state index is 0.334. The van der Waals surface area contributed by atoms with Gasteiger partial charge in [-0.2, -0.15) is 16.4 Å². The largest absolute Gasteiger partial charge is 0.481 e. The monoisotopic (exact) mass is 265 g/mol. The normalized spacial score (nSPS) is 12.7. The van der Waals surface area contributed by atoms with Crippen molar-refractivity contribution in [1.29, 1.82) is 0 Å². The highest BCUT2D eigenvalue weighted by atomic mass is 32.1. The molecule has 4 nitrogen and oxygen atoms in total. The number of aromatic nitrogens is 2. The van der Waals surface area contributed by atoms with Crippen molar-refractivity contribution in [3.05, 3.63) is 33.6 Å². The van der Waals surface area contributed by atoms with Crippen LogP contribution in [0.5, 0.6) is 5.88 Å². The molecule has 0 spiro atoms. The average Bonchev–Trinajstić information content (AvgIpc) is 2.94. The van der Waals surface area contributed by atoms with E-state index in [9.17, 15) is 0 Å². The SMILES string of the molecule is COc1c(CNC(C)c2ccsc2)c(C)nn1C. The van der Waals surface area contributed by atoms with Crippen molar-refractivity contribution in [2.45, 2.75) is 26.4 Å². The number of thiophene rings is 1. The van der Waals surface area contributed by atoms with Gasteiger partial charge in [-0.05, 0) is 36.2 Å². The van der Waals surface area contributed by atoms with Crippen molar-refractivity contribution in [3.8, 4) is 5.88 Å². The molecule has 5 heteroatoms. The van der Waals surface area contributed by atoms with Gasteiger partial charge in [-0.1, -0.05) is 0 Å². The molecular formula is C13H19N3OS. The summed E-state index contributed by atoms with van der Waals surface area (Å²) in [6.07, 6.45) is 0. The van der Waals surface area contributed by atoms with Crippen LogP contribution in [0, 0.1) is 6.92 Å². The molecule has 1 unspecified atom stereocenters. The zero-order valence-corrected chi connectivity index (χ0v) is 12.0. The Morgan fingerprint density at radius 1 is 1.56 bits per heavy atom. The maximum Gasteiger partial charge on any atom is 0.216 e. The molecule has 0 aliphatic carbocycles. The van der Waals surface area contributed by atoms with Gasteiger partial charge in [0.2, 0.25) is 5.88 Å². The second-order valence-corrected chi connectivity index (χ2v) is 5.14. The van der Waals surface area contributed by atoms with E-state index in [0.717, 1.165) is 23.7 Å². The van der Waals surface area contributed by atoms with E-state index in [1.807, 2.05) is 14.0 Å². The quantitative estimate of drug-likeness (QED) is 0.903. The third-order valence-corrected chi connectivity index (χ3v) is 3.81. The third-order valence-electron chi connectivity index (χ3n) is 3.11. The van der Waals surface area contributed by atoms with Gasteiger partial charge in [0, 0.05) is 19.6 Å². The second kappa shape index (κ2) is 5.54. The van der Waals surface area contributed by atoms with Crippen molar-refractivity contribution >= 4 is 11.3 Å². The van der Waals surface area contributed by atoms with Gasteiger partial charge in [0.25, 0.3) is 0 Å². The number of hydrogen-bond acceptors (Lipinski definition) is 4. The van der Waals surface area contributed by atoms with Crippen molar-refractivity contribution in [1.82, 2.24) is 15.1 Å². The Labute approximate surface area is 112 Å². The van der Waals surface area contributed by atoms with Gasteiger partial charge < -0.3 is 10.1 Å². The summed E-state index contributed by atoms with van der Waals surface area (Å²) in [5, 5.41) is 12.2. The minimum Gasteiger partial charge on any atom is -0.481 e. The molecule has 98 valence electrons. The topological polar surface area (TPSA) is 39.1 Å². The summed E-state index contributed by atoms with van der Waals surface area (Å²) in [6, 6.07) is 2.48. The summed E-state index contributed by atoms with van der Waals surface area (Å²) >= 11 is 1.72. The fraction of sp³-hybridized carbons (Fsp3) is 0.462. The molecule has 2 rings (SSSR count). The van der Waals surface area contributed by atoms with Gasteiger partial charge in [0.05, 0.1) is 18.4 Å². The highest BCUT2D eigenvalue weighted by Gasteiger charge is 2.14. The summed E-state index contributed by atoms with van der Waals surface area (Å²) in [6.45, 7) is 4.94. The van der Waals surface area contributed by atoms with Crippen molar-refractivity contribution in [2.75, 3.05) is 7.11 Å². The number of ether oxygens (including phenoxy) is 1. The number of nitrogens with zero attached hydrogens (tertiary/aromatic N) is 2. The van der Waals surface area contributed by atoms with E-state index in [2.05, 4.69) is 34.2 Å². The predicted molar refractivity (Wildman–Crippen MR) is 74.1 cm³/mol. The van der Waals surface area contributed by atoms with Crippen LogP contribution in [0.1, 0.15) is 29.8 Å². The Morgan fingerprint density at radius 3 is 2.94 bits per heavy atom. The first-order valence-corrected chi connectivity index (χ1v) is 6.89. The molecular weight excluding hydrogens is 246 g/mol. The molecule has 0 aliphatic rings. The van der Waals surface area contributed by atoms with E-state index < -0.39 is 0 Å². The smallest absolute Gasteiger partial charge is 0.216 e. The van der Waals surface area contributed by atoms with Gasteiger partial charge >= 0.3 is 0 Å². The fourth-order valence-corrected chi connectivity index (χ4v) is 2.79. The maximum absolute atomic E-state index is 5.38. The minimum atomic E-state index is 0.334. The van der Waals surface area contributed by atoms with Crippen molar-refractivity contribution in [2.24, 2.45) is 7.05 Å². The Hall–Kier alpha value is -1.33. The zero-order valence-electron chi connectivity index (χ0n) is 11.2. The van der Waals surface area contributed by atoms with Crippen LogP contribution in [0.3, 0.4) is 0 Å². The lowest BCUT2D eigenvalue weighted by Gasteiger charge is -2.13. The van der Waals surface area contributed by atoms with E-state index in [1.165, 1.54) is 5.56 Å². The fourth-order valence-electron chi connectivity index (χ4n) is 2.03. The molecule has 1 N–H and O–H groups in total. The third kappa shape index (κ3) is 2.57. The van der Waals surface area contributed by atoms with E-state index in [4.69, 9.17) is 4.74 Å². The van der Waals surface area contributed by atoms with Crippen molar-refractivity contribution < 1.29 is 4.74 Å². The highest BCUT2D eigenvalue weighted by Crippen LogP contribution is 2.22. The lowest BCUT2D eigenvalue weighted by Crippen LogP contribution is -2.18. The first-order valence-electron chi connectivity index (χ1n) is 5.95. The summed E-state index contributed by atoms with van der Waals surface area (Å²) in [4.78, 5) is 0. The number of rotatable bonds is 5. The van der Waals surface area contributed by atoms with Crippen LogP contribution in [0.2, 0.25) is 0 Å².